The summed E-state index contributed by atoms with van der Waals surface area (Å²) in [6.45, 7) is 4.10. The largest absolute Gasteiger partial charge is 0.493 e. The minimum Gasteiger partial charge on any atom is -0.493 e. The highest BCUT2D eigenvalue weighted by atomic mass is 32.2. The van der Waals surface area contributed by atoms with Gasteiger partial charge < -0.3 is 9.47 Å². The number of nitrogens with zero attached hydrogens (tertiary/aromatic N) is 1. The van der Waals surface area contributed by atoms with Crippen LogP contribution in [-0.2, 0) is 9.53 Å². The van der Waals surface area contributed by atoms with E-state index in [1.165, 1.54) is 0 Å². The van der Waals surface area contributed by atoms with Gasteiger partial charge in [-0.25, -0.2) is 4.79 Å². The number of thiocyanates is 1. The minimum absolute atomic E-state index is 0.306. The Morgan fingerprint density at radius 1 is 1.04 bits per heavy atom. The molecule has 4 nitrogen and oxygen atoms in total. The van der Waals surface area contributed by atoms with Gasteiger partial charge in [-0.05, 0) is 60.3 Å². The van der Waals surface area contributed by atoms with Gasteiger partial charge in [0.15, 0.2) is 0 Å². The molecule has 0 heterocycles. The molecule has 0 aliphatic heterocycles. The van der Waals surface area contributed by atoms with E-state index in [1.54, 1.807) is 0 Å². The smallest absolute Gasteiger partial charge is 0.330 e. The number of hydrogen-bond donors (Lipinski definition) is 0. The van der Waals surface area contributed by atoms with E-state index in [9.17, 15) is 4.79 Å². The number of rotatable bonds is 7. The molecule has 5 heteroatoms. The van der Waals surface area contributed by atoms with Gasteiger partial charge in [0.1, 0.15) is 11.2 Å². The van der Waals surface area contributed by atoms with E-state index >= 15 is 0 Å². The summed E-state index contributed by atoms with van der Waals surface area (Å²) in [6.07, 6.45) is 1.75. The number of benzene rings is 2. The zero-order valence-corrected chi connectivity index (χ0v) is 14.9. The van der Waals surface area contributed by atoms with Crippen LogP contribution >= 0.6 is 11.8 Å². The van der Waals surface area contributed by atoms with Crippen molar-refractivity contribution in [2.45, 2.75) is 11.3 Å². The van der Waals surface area contributed by atoms with Gasteiger partial charge >= 0.3 is 5.97 Å². The Morgan fingerprint density at radius 3 is 2.23 bits per heavy atom. The second kappa shape index (κ2) is 10.7. The number of nitriles is 1. The van der Waals surface area contributed by atoms with Gasteiger partial charge in [-0.1, -0.05) is 18.4 Å². The van der Waals surface area contributed by atoms with Crippen LogP contribution in [0.3, 0.4) is 0 Å². The van der Waals surface area contributed by atoms with E-state index < -0.39 is 5.97 Å². The van der Waals surface area contributed by atoms with E-state index in [1.807, 2.05) is 53.9 Å². The fourth-order valence-electron chi connectivity index (χ4n) is 1.92. The normalized spacial score (nSPS) is 9.35. The standard InChI is InChI=1S/C21H17NO3S/c1-2-21(23)25-15-3-14-24-19-10-6-17(7-11-19)4-5-18-8-12-20(13-9-18)26-16-22/h2,6-13H,1,3,14-15H2. The van der Waals surface area contributed by atoms with E-state index in [2.05, 4.69) is 18.4 Å². The zero-order chi connectivity index (χ0) is 18.6. The van der Waals surface area contributed by atoms with Gasteiger partial charge in [0.05, 0.1) is 13.2 Å². The van der Waals surface area contributed by atoms with Crippen LogP contribution in [0, 0.1) is 22.5 Å². The first kappa shape index (κ1) is 19.2. The van der Waals surface area contributed by atoms with Gasteiger partial charge in [-0.15, -0.1) is 0 Å². The van der Waals surface area contributed by atoms with E-state index in [0.29, 0.717) is 19.6 Å². The van der Waals surface area contributed by atoms with Gasteiger partial charge in [-0.2, -0.15) is 5.26 Å². The van der Waals surface area contributed by atoms with Crippen molar-refractivity contribution >= 4 is 17.7 Å². The minimum atomic E-state index is -0.425. The third-order valence-corrected chi connectivity index (χ3v) is 3.79. The molecule has 26 heavy (non-hydrogen) atoms. The highest BCUT2D eigenvalue weighted by Crippen LogP contribution is 2.16. The summed E-state index contributed by atoms with van der Waals surface area (Å²) < 4.78 is 10.5. The highest BCUT2D eigenvalue weighted by molar-refractivity contribution is 8.03. The monoisotopic (exact) mass is 363 g/mol. The van der Waals surface area contributed by atoms with Crippen molar-refractivity contribution in [2.75, 3.05) is 13.2 Å². The average Bonchev–Trinajstić information content (AvgIpc) is 2.68. The van der Waals surface area contributed by atoms with Crippen LogP contribution in [0.25, 0.3) is 0 Å². The number of ether oxygens (including phenoxy) is 2. The second-order valence-electron chi connectivity index (χ2n) is 5.07. The lowest BCUT2D eigenvalue weighted by atomic mass is 10.2. The van der Waals surface area contributed by atoms with Crippen molar-refractivity contribution in [3.8, 4) is 23.0 Å². The number of esters is 1. The average molecular weight is 363 g/mol. The van der Waals surface area contributed by atoms with E-state index in [0.717, 1.165) is 39.6 Å². The molecule has 0 radical (unpaired) electrons. The van der Waals surface area contributed by atoms with Crippen molar-refractivity contribution in [1.82, 2.24) is 0 Å². The lowest BCUT2D eigenvalue weighted by Gasteiger charge is -2.06. The summed E-state index contributed by atoms with van der Waals surface area (Å²) in [5.74, 6) is 6.49. The van der Waals surface area contributed by atoms with Gasteiger partial charge in [0.2, 0.25) is 0 Å². The molecule has 0 bridgehead atoms. The maximum atomic E-state index is 10.9. The van der Waals surface area contributed by atoms with Crippen molar-refractivity contribution in [3.05, 3.63) is 72.3 Å². The Morgan fingerprint density at radius 2 is 1.65 bits per heavy atom. The van der Waals surface area contributed by atoms with Crippen molar-refractivity contribution < 1.29 is 14.3 Å². The molecule has 0 saturated carbocycles. The van der Waals surface area contributed by atoms with Crippen LogP contribution < -0.4 is 4.74 Å². The molecule has 0 aromatic heterocycles. The second-order valence-corrected chi connectivity index (χ2v) is 5.92. The number of carbonyl (C=O) groups is 1. The van der Waals surface area contributed by atoms with Crippen LogP contribution in [0.1, 0.15) is 17.5 Å². The fraction of sp³-hybridized carbons (Fsp3) is 0.143. The molecule has 0 N–H and O–H groups in total. The first-order chi connectivity index (χ1) is 12.7. The number of carbonyl (C=O) groups excluding carboxylic acids is 1. The van der Waals surface area contributed by atoms with Crippen molar-refractivity contribution in [3.63, 3.8) is 0 Å². The van der Waals surface area contributed by atoms with Crippen LogP contribution in [0.5, 0.6) is 5.75 Å². The third kappa shape index (κ3) is 6.76. The molecule has 2 rings (SSSR count). The molecule has 0 saturated heterocycles. The molecule has 2 aromatic carbocycles. The Hall–Kier alpha value is -3.15. The Kier molecular flexibility index (Phi) is 7.86. The zero-order valence-electron chi connectivity index (χ0n) is 14.1. The Bertz CT molecular complexity index is 840. The molecule has 0 aliphatic rings. The summed E-state index contributed by atoms with van der Waals surface area (Å²) in [4.78, 5) is 11.8. The van der Waals surface area contributed by atoms with E-state index in [4.69, 9.17) is 14.7 Å². The maximum Gasteiger partial charge on any atom is 0.330 e. The molecule has 0 spiro atoms. The van der Waals surface area contributed by atoms with E-state index in [-0.39, 0.29) is 0 Å². The van der Waals surface area contributed by atoms with Crippen LogP contribution in [0.4, 0.5) is 0 Å². The summed E-state index contributed by atoms with van der Waals surface area (Å²) in [5.41, 5.74) is 1.77. The molecule has 130 valence electrons. The predicted molar refractivity (Wildman–Crippen MR) is 102 cm³/mol. The summed E-state index contributed by atoms with van der Waals surface area (Å²) in [6, 6.07) is 15.0. The van der Waals surface area contributed by atoms with Crippen molar-refractivity contribution in [1.29, 1.82) is 5.26 Å². The molecule has 0 aliphatic carbocycles. The molecule has 0 amide bonds. The predicted octanol–water partition coefficient (Wildman–Crippen LogP) is 4.16. The Labute approximate surface area is 157 Å². The van der Waals surface area contributed by atoms with Gasteiger partial charge in [-0.3, -0.25) is 0 Å². The molecular weight excluding hydrogens is 346 g/mol. The SMILES string of the molecule is C=CC(=O)OCCCOc1ccc(C#Cc2ccc(SC#N)cc2)cc1. The first-order valence-electron chi connectivity index (χ1n) is 7.91. The lowest BCUT2D eigenvalue weighted by molar-refractivity contribution is -0.137. The maximum absolute atomic E-state index is 10.9. The number of thioether (sulfide) groups is 1. The first-order valence-corrected chi connectivity index (χ1v) is 8.73. The number of hydrogen-bond acceptors (Lipinski definition) is 5. The molecule has 0 unspecified atom stereocenters. The van der Waals surface area contributed by atoms with Gasteiger partial charge in [0.25, 0.3) is 0 Å². The van der Waals surface area contributed by atoms with Crippen LogP contribution in [0.2, 0.25) is 0 Å². The van der Waals surface area contributed by atoms with Crippen LogP contribution in [0.15, 0.2) is 66.1 Å². The Balaban J connectivity index is 1.81. The highest BCUT2D eigenvalue weighted by Gasteiger charge is 1.97. The van der Waals surface area contributed by atoms with Gasteiger partial charge in [0, 0.05) is 28.5 Å². The summed E-state index contributed by atoms with van der Waals surface area (Å²) >= 11 is 1.13. The summed E-state index contributed by atoms with van der Waals surface area (Å²) in [5, 5.41) is 10.7. The van der Waals surface area contributed by atoms with Crippen molar-refractivity contribution in [2.24, 2.45) is 0 Å². The molecule has 0 fully saturated rings. The van der Waals surface area contributed by atoms with Crippen LogP contribution in [-0.4, -0.2) is 19.2 Å². The third-order valence-electron chi connectivity index (χ3n) is 3.19. The quantitative estimate of drug-likeness (QED) is 0.185. The lowest BCUT2D eigenvalue weighted by Crippen LogP contribution is -2.06. The molecule has 0 atom stereocenters. The molecular formula is C21H17NO3S. The summed E-state index contributed by atoms with van der Waals surface area (Å²) in [7, 11) is 0. The molecule has 2 aromatic rings. The topological polar surface area (TPSA) is 59.3 Å². The fourth-order valence-corrected chi connectivity index (χ4v) is 2.30.